The average molecular weight is 178 g/mol. The van der Waals surface area contributed by atoms with Gasteiger partial charge in [0, 0.05) is 5.92 Å². The summed E-state index contributed by atoms with van der Waals surface area (Å²) < 4.78 is 5.23. The Morgan fingerprint density at radius 1 is 1.38 bits per heavy atom. The molecule has 2 fully saturated rings. The molecule has 0 aromatic carbocycles. The third-order valence-electron chi connectivity index (χ3n) is 3.70. The van der Waals surface area contributed by atoms with Crippen LogP contribution in [0.25, 0.3) is 0 Å². The van der Waals surface area contributed by atoms with Gasteiger partial charge in [-0.1, -0.05) is 11.6 Å². The van der Waals surface area contributed by atoms with Gasteiger partial charge in [-0.25, -0.2) is 0 Å². The van der Waals surface area contributed by atoms with Crippen LogP contribution in [0, 0.1) is 11.8 Å². The quantitative estimate of drug-likeness (QED) is 0.717. The molecule has 1 aromatic heterocycles. The maximum absolute atomic E-state index is 5.80. The average Bonchev–Trinajstić information content (AvgIpc) is 2.77. The Labute approximate surface area is 77.3 Å². The Bertz CT molecular complexity index is 320. The summed E-state index contributed by atoms with van der Waals surface area (Å²) in [5, 5.41) is 3.75. The number of aromatic nitrogens is 1. The van der Waals surface area contributed by atoms with Crippen molar-refractivity contribution in [1.29, 1.82) is 0 Å². The highest BCUT2D eigenvalue weighted by Gasteiger charge is 2.42. The second-order valence-corrected chi connectivity index (χ2v) is 4.43. The van der Waals surface area contributed by atoms with Gasteiger partial charge in [0.1, 0.15) is 0 Å². The van der Waals surface area contributed by atoms with Crippen molar-refractivity contribution in [3.8, 4) is 0 Å². The molecule has 0 spiro atoms. The van der Waals surface area contributed by atoms with Crippen LogP contribution in [-0.4, -0.2) is 5.16 Å². The lowest BCUT2D eigenvalue weighted by atomic mass is 9.86. The van der Waals surface area contributed by atoms with E-state index < -0.39 is 0 Å². The van der Waals surface area contributed by atoms with E-state index in [1.165, 1.54) is 25.7 Å². The van der Waals surface area contributed by atoms with Gasteiger partial charge in [0.15, 0.2) is 5.76 Å². The summed E-state index contributed by atoms with van der Waals surface area (Å²) in [4.78, 5) is 0. The molecule has 0 aliphatic heterocycles. The largest absolute Gasteiger partial charge is 0.395 e. The van der Waals surface area contributed by atoms with Crippen LogP contribution in [0.4, 0.5) is 5.69 Å². The molecule has 2 aliphatic rings. The number of nitrogen functional groups attached to an aromatic ring is 1. The molecule has 2 aliphatic carbocycles. The Morgan fingerprint density at radius 3 is 2.85 bits per heavy atom. The minimum absolute atomic E-state index is 0.571. The topological polar surface area (TPSA) is 52.0 Å². The first-order valence-corrected chi connectivity index (χ1v) is 5.04. The molecule has 2 N–H and O–H groups in total. The normalized spacial score (nSPS) is 37.1. The zero-order valence-electron chi connectivity index (χ0n) is 7.57. The molecule has 3 atom stereocenters. The van der Waals surface area contributed by atoms with Crippen molar-refractivity contribution in [3.05, 3.63) is 12.0 Å². The summed E-state index contributed by atoms with van der Waals surface area (Å²) in [6.45, 7) is 0. The molecular formula is C10H14N2O. The van der Waals surface area contributed by atoms with Crippen LogP contribution in [0.5, 0.6) is 0 Å². The maximum Gasteiger partial charge on any atom is 0.162 e. The Hall–Kier alpha value is -0.990. The number of hydrogen-bond donors (Lipinski definition) is 1. The van der Waals surface area contributed by atoms with Crippen LogP contribution in [0.3, 0.4) is 0 Å². The Balaban J connectivity index is 1.91. The predicted molar refractivity (Wildman–Crippen MR) is 49.1 cm³/mol. The van der Waals surface area contributed by atoms with E-state index in [1.807, 2.05) is 0 Å². The molecule has 0 amide bonds. The lowest BCUT2D eigenvalue weighted by Gasteiger charge is -2.18. The first kappa shape index (κ1) is 7.42. The minimum Gasteiger partial charge on any atom is -0.395 e. The highest BCUT2D eigenvalue weighted by atomic mass is 16.5. The van der Waals surface area contributed by atoms with E-state index in [0.717, 1.165) is 23.3 Å². The summed E-state index contributed by atoms with van der Waals surface area (Å²) in [5.41, 5.74) is 6.54. The predicted octanol–water partition coefficient (Wildman–Crippen LogP) is 2.16. The van der Waals surface area contributed by atoms with Crippen LogP contribution in [0.2, 0.25) is 0 Å². The molecule has 3 nitrogen and oxygen atoms in total. The number of nitrogens with zero attached hydrogens (tertiary/aromatic N) is 1. The van der Waals surface area contributed by atoms with Gasteiger partial charge in [0.05, 0.1) is 11.9 Å². The highest BCUT2D eigenvalue weighted by molar-refractivity contribution is 5.41. The number of anilines is 1. The lowest BCUT2D eigenvalue weighted by Crippen LogP contribution is -2.09. The van der Waals surface area contributed by atoms with Crippen molar-refractivity contribution in [2.75, 3.05) is 5.73 Å². The Morgan fingerprint density at radius 2 is 2.31 bits per heavy atom. The molecule has 3 heteroatoms. The van der Waals surface area contributed by atoms with Crippen molar-refractivity contribution in [1.82, 2.24) is 5.16 Å². The molecule has 70 valence electrons. The summed E-state index contributed by atoms with van der Waals surface area (Å²) in [5.74, 6) is 3.27. The molecule has 3 unspecified atom stereocenters. The second-order valence-electron chi connectivity index (χ2n) is 4.43. The molecule has 1 aromatic rings. The van der Waals surface area contributed by atoms with Gasteiger partial charge >= 0.3 is 0 Å². The second kappa shape index (κ2) is 2.50. The highest BCUT2D eigenvalue weighted by Crippen LogP contribution is 2.53. The summed E-state index contributed by atoms with van der Waals surface area (Å²) >= 11 is 0. The van der Waals surface area contributed by atoms with E-state index in [4.69, 9.17) is 10.3 Å². The van der Waals surface area contributed by atoms with E-state index in [-0.39, 0.29) is 0 Å². The molecule has 0 radical (unpaired) electrons. The first-order valence-electron chi connectivity index (χ1n) is 5.04. The van der Waals surface area contributed by atoms with E-state index >= 15 is 0 Å². The fourth-order valence-corrected chi connectivity index (χ4v) is 3.10. The standard InChI is InChI=1S/C10H14N2O/c11-9-5-12-13-10(9)8-4-6-1-2-7(8)3-6/h5-8H,1-4,11H2. The van der Waals surface area contributed by atoms with Gasteiger partial charge in [0.25, 0.3) is 0 Å². The molecule has 2 bridgehead atoms. The molecule has 2 saturated carbocycles. The minimum atomic E-state index is 0.571. The summed E-state index contributed by atoms with van der Waals surface area (Å²) in [6.07, 6.45) is 7.04. The van der Waals surface area contributed by atoms with E-state index in [9.17, 15) is 0 Å². The van der Waals surface area contributed by atoms with E-state index in [0.29, 0.717) is 5.92 Å². The SMILES string of the molecule is Nc1cnoc1C1CC2CCC1C2. The van der Waals surface area contributed by atoms with Gasteiger partial charge in [0.2, 0.25) is 0 Å². The smallest absolute Gasteiger partial charge is 0.162 e. The third kappa shape index (κ3) is 0.992. The maximum atomic E-state index is 5.80. The van der Waals surface area contributed by atoms with Gasteiger partial charge < -0.3 is 10.3 Å². The first-order chi connectivity index (χ1) is 6.34. The van der Waals surface area contributed by atoms with Crippen LogP contribution >= 0.6 is 0 Å². The third-order valence-corrected chi connectivity index (χ3v) is 3.70. The molecule has 3 rings (SSSR count). The summed E-state index contributed by atoms with van der Waals surface area (Å²) in [6, 6.07) is 0. The molecule has 1 heterocycles. The lowest BCUT2D eigenvalue weighted by molar-refractivity contribution is 0.311. The van der Waals surface area contributed by atoms with Crippen molar-refractivity contribution in [3.63, 3.8) is 0 Å². The van der Waals surface area contributed by atoms with Crippen LogP contribution in [0.1, 0.15) is 37.4 Å². The zero-order chi connectivity index (χ0) is 8.84. The van der Waals surface area contributed by atoms with E-state index in [2.05, 4.69) is 5.16 Å². The van der Waals surface area contributed by atoms with Gasteiger partial charge in [-0.05, 0) is 31.1 Å². The number of hydrogen-bond acceptors (Lipinski definition) is 3. The van der Waals surface area contributed by atoms with Crippen molar-refractivity contribution >= 4 is 5.69 Å². The van der Waals surface area contributed by atoms with Gasteiger partial charge in [-0.15, -0.1) is 0 Å². The van der Waals surface area contributed by atoms with Gasteiger partial charge in [-0.2, -0.15) is 0 Å². The van der Waals surface area contributed by atoms with Crippen molar-refractivity contribution < 1.29 is 4.52 Å². The van der Waals surface area contributed by atoms with E-state index in [1.54, 1.807) is 6.20 Å². The summed E-state index contributed by atoms with van der Waals surface area (Å²) in [7, 11) is 0. The Kier molecular flexibility index (Phi) is 1.43. The monoisotopic (exact) mass is 178 g/mol. The number of fused-ring (bicyclic) bond motifs is 2. The van der Waals surface area contributed by atoms with Crippen molar-refractivity contribution in [2.45, 2.75) is 31.6 Å². The molecule has 0 saturated heterocycles. The number of nitrogens with two attached hydrogens (primary N) is 1. The van der Waals surface area contributed by atoms with Gasteiger partial charge in [-0.3, -0.25) is 0 Å². The van der Waals surface area contributed by atoms with Crippen LogP contribution < -0.4 is 5.73 Å². The van der Waals surface area contributed by atoms with Crippen molar-refractivity contribution in [2.24, 2.45) is 11.8 Å². The van der Waals surface area contributed by atoms with Crippen LogP contribution in [0.15, 0.2) is 10.7 Å². The number of rotatable bonds is 1. The fourth-order valence-electron chi connectivity index (χ4n) is 3.10. The zero-order valence-corrected chi connectivity index (χ0v) is 7.57. The fraction of sp³-hybridized carbons (Fsp3) is 0.700. The molecule has 13 heavy (non-hydrogen) atoms. The van der Waals surface area contributed by atoms with Crippen LogP contribution in [-0.2, 0) is 0 Å². The molecular weight excluding hydrogens is 164 g/mol.